The van der Waals surface area contributed by atoms with Gasteiger partial charge >= 0.3 is 0 Å². The van der Waals surface area contributed by atoms with Crippen molar-refractivity contribution < 1.29 is 13.9 Å². The number of aliphatic hydroxyl groups is 1. The number of nitrogens with zero attached hydrogens (tertiary/aromatic N) is 3. The van der Waals surface area contributed by atoms with E-state index in [2.05, 4.69) is 31.2 Å². The van der Waals surface area contributed by atoms with Crippen molar-refractivity contribution in [2.45, 2.75) is 12.5 Å². The number of fused-ring (bicyclic) bond motifs is 1. The number of rotatable bonds is 4. The van der Waals surface area contributed by atoms with Crippen LogP contribution in [-0.4, -0.2) is 38.5 Å². The minimum Gasteiger partial charge on any atom is -0.385 e. The highest BCUT2D eigenvalue weighted by atomic mass is 79.9. The van der Waals surface area contributed by atoms with Crippen LogP contribution in [0.2, 0.25) is 0 Å². The Kier molecular flexibility index (Phi) is 3.53. The predicted octanol–water partition coefficient (Wildman–Crippen LogP) is 1.53. The van der Waals surface area contributed by atoms with Crippen LogP contribution in [-0.2, 0) is 0 Å². The van der Waals surface area contributed by atoms with Crippen LogP contribution in [0.15, 0.2) is 23.2 Å². The van der Waals surface area contributed by atoms with Crippen LogP contribution < -0.4 is 5.32 Å². The summed E-state index contributed by atoms with van der Waals surface area (Å²) < 4.78 is 26.5. The van der Waals surface area contributed by atoms with Crippen LogP contribution in [0, 0.1) is 0 Å². The van der Waals surface area contributed by atoms with Crippen molar-refractivity contribution in [2.75, 3.05) is 11.9 Å². The average Bonchev–Trinajstić information content (AvgIpc) is 2.72. The molecule has 5 nitrogen and oxygen atoms in total. The Bertz CT molecular complexity index is 519. The first-order valence-electron chi connectivity index (χ1n) is 4.77. The molecule has 2 heterocycles. The van der Waals surface area contributed by atoms with Crippen molar-refractivity contribution in [1.82, 2.24) is 14.4 Å². The quantitative estimate of drug-likeness (QED) is 0.899. The van der Waals surface area contributed by atoms with Gasteiger partial charge in [-0.3, -0.25) is 0 Å². The highest BCUT2D eigenvalue weighted by Crippen LogP contribution is 2.17. The molecule has 0 fully saturated rings. The number of hydrogen-bond acceptors (Lipinski definition) is 4. The summed E-state index contributed by atoms with van der Waals surface area (Å²) in [5, 5.41) is 11.6. The van der Waals surface area contributed by atoms with Gasteiger partial charge in [0, 0.05) is 25.1 Å². The molecule has 8 heteroatoms. The maximum absolute atomic E-state index is 12.1. The lowest BCUT2D eigenvalue weighted by molar-refractivity contribution is 0.00381. The van der Waals surface area contributed by atoms with Gasteiger partial charge < -0.3 is 14.8 Å². The molecule has 0 spiro atoms. The molecule has 0 aliphatic carbocycles. The zero-order valence-electron chi connectivity index (χ0n) is 8.52. The van der Waals surface area contributed by atoms with Crippen molar-refractivity contribution >= 4 is 27.4 Å². The largest absolute Gasteiger partial charge is 0.385 e. The maximum atomic E-state index is 12.1. The van der Waals surface area contributed by atoms with Crippen molar-refractivity contribution in [3.05, 3.63) is 23.2 Å². The van der Waals surface area contributed by atoms with Gasteiger partial charge in [-0.1, -0.05) is 0 Å². The lowest BCUT2D eigenvalue weighted by Crippen LogP contribution is -2.27. The van der Waals surface area contributed by atoms with E-state index in [0.29, 0.717) is 16.1 Å². The van der Waals surface area contributed by atoms with Gasteiger partial charge in [-0.2, -0.15) is 0 Å². The zero-order valence-corrected chi connectivity index (χ0v) is 10.1. The Morgan fingerprint density at radius 3 is 3.00 bits per heavy atom. The zero-order chi connectivity index (χ0) is 12.4. The van der Waals surface area contributed by atoms with Crippen molar-refractivity contribution in [3.8, 4) is 0 Å². The number of hydrogen-bond donors (Lipinski definition) is 2. The van der Waals surface area contributed by atoms with Crippen LogP contribution in [0.4, 0.5) is 14.6 Å². The molecule has 0 amide bonds. The molecule has 1 atom stereocenters. The molecule has 92 valence electrons. The van der Waals surface area contributed by atoms with Gasteiger partial charge in [0.15, 0.2) is 11.5 Å². The minimum absolute atomic E-state index is 0.288. The summed E-state index contributed by atoms with van der Waals surface area (Å²) in [5.74, 6) is 0.337. The fourth-order valence-electron chi connectivity index (χ4n) is 1.31. The number of aliphatic hydroxyl groups excluding tert-OH is 1. The van der Waals surface area contributed by atoms with Crippen molar-refractivity contribution in [3.63, 3.8) is 0 Å². The summed E-state index contributed by atoms with van der Waals surface area (Å²) in [7, 11) is 0. The average molecular weight is 307 g/mol. The number of alkyl halides is 2. The Morgan fingerprint density at radius 1 is 1.53 bits per heavy atom. The topological polar surface area (TPSA) is 62.5 Å². The van der Waals surface area contributed by atoms with E-state index >= 15 is 0 Å². The van der Waals surface area contributed by atoms with Crippen LogP contribution >= 0.6 is 15.9 Å². The molecule has 0 saturated carbocycles. The molecule has 2 N–H and O–H groups in total. The number of anilines is 1. The second-order valence-corrected chi connectivity index (χ2v) is 4.17. The van der Waals surface area contributed by atoms with Gasteiger partial charge in [0.1, 0.15) is 10.7 Å². The highest BCUT2D eigenvalue weighted by molar-refractivity contribution is 9.10. The number of aromatic nitrogens is 3. The van der Waals surface area contributed by atoms with Gasteiger partial charge in [-0.05, 0) is 15.9 Å². The maximum Gasteiger partial charge on any atom is 0.265 e. The molecule has 0 aliphatic rings. The Labute approximate surface area is 104 Å². The Morgan fingerprint density at radius 2 is 2.29 bits per heavy atom. The van der Waals surface area contributed by atoms with E-state index in [9.17, 15) is 8.78 Å². The Hall–Kier alpha value is -1.28. The van der Waals surface area contributed by atoms with Crippen LogP contribution in [0.25, 0.3) is 5.65 Å². The third-order valence-electron chi connectivity index (χ3n) is 2.11. The summed E-state index contributed by atoms with van der Waals surface area (Å²) in [6.07, 6.45) is 0.447. The molecule has 0 bridgehead atoms. The first kappa shape index (κ1) is 12.2. The van der Waals surface area contributed by atoms with Gasteiger partial charge in [0.25, 0.3) is 6.43 Å². The standard InChI is InChI=1S/C9H9BrF2N4O/c10-6-4-16-2-1-13-9(16)8(15-6)14-3-5(17)7(11)12/h1-2,4-5,7,17H,3H2,(H,14,15). The molecule has 17 heavy (non-hydrogen) atoms. The van der Waals surface area contributed by atoms with Crippen molar-refractivity contribution in [2.24, 2.45) is 0 Å². The lowest BCUT2D eigenvalue weighted by Gasteiger charge is -2.11. The predicted molar refractivity (Wildman–Crippen MR) is 61.2 cm³/mol. The number of halogens is 3. The molecular formula is C9H9BrF2N4O. The van der Waals surface area contributed by atoms with Gasteiger partial charge in [-0.15, -0.1) is 0 Å². The van der Waals surface area contributed by atoms with Gasteiger partial charge in [-0.25, -0.2) is 18.7 Å². The summed E-state index contributed by atoms with van der Waals surface area (Å²) in [4.78, 5) is 8.10. The smallest absolute Gasteiger partial charge is 0.265 e. The third kappa shape index (κ3) is 2.70. The van der Waals surface area contributed by atoms with Crippen LogP contribution in [0.1, 0.15) is 0 Å². The molecule has 2 aromatic heterocycles. The minimum atomic E-state index is -2.79. The van der Waals surface area contributed by atoms with E-state index in [1.165, 1.54) is 0 Å². The van der Waals surface area contributed by atoms with E-state index in [1.54, 1.807) is 23.0 Å². The molecule has 1 unspecified atom stereocenters. The number of imidazole rings is 1. The second kappa shape index (κ2) is 4.92. The molecule has 0 radical (unpaired) electrons. The van der Waals surface area contributed by atoms with E-state index in [1.807, 2.05) is 0 Å². The fourth-order valence-corrected chi connectivity index (χ4v) is 1.71. The highest BCUT2D eigenvalue weighted by Gasteiger charge is 2.17. The summed E-state index contributed by atoms with van der Waals surface area (Å²) in [5.41, 5.74) is 0.509. The summed E-state index contributed by atoms with van der Waals surface area (Å²) in [6.45, 7) is -0.288. The van der Waals surface area contributed by atoms with E-state index in [4.69, 9.17) is 5.11 Å². The molecular weight excluding hydrogens is 298 g/mol. The third-order valence-corrected chi connectivity index (χ3v) is 2.50. The van der Waals surface area contributed by atoms with Crippen LogP contribution in [0.5, 0.6) is 0 Å². The van der Waals surface area contributed by atoms with E-state index in [-0.39, 0.29) is 6.54 Å². The second-order valence-electron chi connectivity index (χ2n) is 3.35. The van der Waals surface area contributed by atoms with E-state index < -0.39 is 12.5 Å². The summed E-state index contributed by atoms with van der Waals surface area (Å²) in [6, 6.07) is 0. The number of nitrogens with one attached hydrogen (secondary N) is 1. The van der Waals surface area contributed by atoms with Gasteiger partial charge in [0.05, 0.1) is 0 Å². The van der Waals surface area contributed by atoms with Gasteiger partial charge in [0.2, 0.25) is 0 Å². The monoisotopic (exact) mass is 306 g/mol. The SMILES string of the molecule is OC(CNc1nc(Br)cn2ccnc12)C(F)F. The van der Waals surface area contributed by atoms with E-state index in [0.717, 1.165) is 0 Å². The van der Waals surface area contributed by atoms with Crippen LogP contribution in [0.3, 0.4) is 0 Å². The lowest BCUT2D eigenvalue weighted by atomic mass is 10.3. The molecule has 0 aliphatic heterocycles. The molecule has 0 saturated heterocycles. The Balaban J connectivity index is 2.20. The normalized spacial score (nSPS) is 13.2. The fraction of sp³-hybridized carbons (Fsp3) is 0.333. The molecule has 0 aromatic carbocycles. The first-order valence-corrected chi connectivity index (χ1v) is 5.56. The molecule has 2 aromatic rings. The molecule has 2 rings (SSSR count). The van der Waals surface area contributed by atoms with Crippen molar-refractivity contribution in [1.29, 1.82) is 0 Å². The summed E-state index contributed by atoms with van der Waals surface area (Å²) >= 11 is 3.19. The first-order chi connectivity index (χ1) is 8.08.